The monoisotopic (exact) mass is 517 g/mol. The molecule has 1 aromatic heterocycles. The molecule has 2 fully saturated rings. The Morgan fingerprint density at radius 3 is 2.61 bits per heavy atom. The summed E-state index contributed by atoms with van der Waals surface area (Å²) >= 11 is 0. The Balaban J connectivity index is 1.89. The molecule has 2 heterocycles. The number of benzene rings is 1. The zero-order chi connectivity index (χ0) is 27.4. The third kappa shape index (κ3) is 5.57. The van der Waals surface area contributed by atoms with Gasteiger partial charge in [0.05, 0.1) is 12.3 Å². The predicted molar refractivity (Wildman–Crippen MR) is 151 cm³/mol. The lowest BCUT2D eigenvalue weighted by atomic mass is 9.91. The van der Waals surface area contributed by atoms with Gasteiger partial charge in [0.1, 0.15) is 17.4 Å². The molecular formula is C30H36FN5O2. The van der Waals surface area contributed by atoms with E-state index in [1.165, 1.54) is 31.5 Å². The van der Waals surface area contributed by atoms with Crippen LogP contribution < -0.4 is 15.0 Å². The second-order valence-corrected chi connectivity index (χ2v) is 10.1. The maximum atomic E-state index is 15.1. The van der Waals surface area contributed by atoms with E-state index in [-0.39, 0.29) is 18.4 Å². The molecule has 1 aliphatic heterocycles. The van der Waals surface area contributed by atoms with Gasteiger partial charge in [-0.05, 0) is 87.3 Å². The van der Waals surface area contributed by atoms with Crippen molar-refractivity contribution in [1.82, 2.24) is 9.97 Å². The summed E-state index contributed by atoms with van der Waals surface area (Å²) in [5, 5.41) is 20.4. The van der Waals surface area contributed by atoms with Gasteiger partial charge in [0, 0.05) is 48.7 Å². The third-order valence-corrected chi connectivity index (χ3v) is 7.41. The summed E-state index contributed by atoms with van der Waals surface area (Å²) in [7, 11) is 1.72. The van der Waals surface area contributed by atoms with Gasteiger partial charge >= 0.3 is 6.01 Å². The standard InChI is InChI=1S/C30H36FN5O2/c1-6-23(9-7-8-18(2)17-37)38-30-34-20(4)28(27-19(3)25(31)13-26(33-5)24(27)14-32)29(35-30)36-15-21-10-11-22(12-21)16-36/h6-7,9,13-14,21-22,32-33,37H,1,10-12,15-17H2,2-5H3. The minimum atomic E-state index is -0.353. The molecule has 2 unspecified atom stereocenters. The minimum Gasteiger partial charge on any atom is -0.424 e. The van der Waals surface area contributed by atoms with Crippen LogP contribution in [0.5, 0.6) is 6.01 Å². The van der Waals surface area contributed by atoms with E-state index in [0.717, 1.165) is 18.7 Å². The van der Waals surface area contributed by atoms with Crippen LogP contribution in [0.15, 0.2) is 47.9 Å². The van der Waals surface area contributed by atoms with E-state index in [9.17, 15) is 5.11 Å². The maximum Gasteiger partial charge on any atom is 0.324 e. The van der Waals surface area contributed by atoms with Crippen LogP contribution in [-0.2, 0) is 0 Å². The second-order valence-electron chi connectivity index (χ2n) is 10.1. The van der Waals surface area contributed by atoms with Gasteiger partial charge in [0.25, 0.3) is 0 Å². The van der Waals surface area contributed by atoms with Crippen LogP contribution >= 0.6 is 0 Å². The molecule has 7 nitrogen and oxygen atoms in total. The Bertz CT molecular complexity index is 1330. The Labute approximate surface area is 224 Å². The number of rotatable bonds is 9. The van der Waals surface area contributed by atoms with E-state index in [1.807, 2.05) is 6.92 Å². The summed E-state index contributed by atoms with van der Waals surface area (Å²) in [6.07, 6.45) is 9.78. The molecule has 1 saturated heterocycles. The predicted octanol–water partition coefficient (Wildman–Crippen LogP) is 5.72. The van der Waals surface area contributed by atoms with Crippen LogP contribution in [0, 0.1) is 36.9 Å². The maximum absolute atomic E-state index is 15.1. The molecule has 200 valence electrons. The number of halogens is 1. The van der Waals surface area contributed by atoms with E-state index >= 15 is 4.39 Å². The van der Waals surface area contributed by atoms with E-state index in [2.05, 4.69) is 27.5 Å². The number of aliphatic hydroxyl groups is 1. The highest BCUT2D eigenvalue weighted by Crippen LogP contribution is 2.44. The molecule has 0 amide bonds. The SMILES string of the molecule is C=CC(=CC=C=C(C)CO)Oc1nc(C)c(-c2c(C)c(F)cc(NC)c2C=N)c(N2CC3CCC(C3)C2)n1. The zero-order valence-electron chi connectivity index (χ0n) is 22.6. The van der Waals surface area contributed by atoms with Gasteiger partial charge in [0.2, 0.25) is 0 Å². The van der Waals surface area contributed by atoms with Crippen LogP contribution in [0.25, 0.3) is 11.1 Å². The van der Waals surface area contributed by atoms with E-state index in [0.29, 0.717) is 57.1 Å². The summed E-state index contributed by atoms with van der Waals surface area (Å²) in [6.45, 7) is 10.9. The van der Waals surface area contributed by atoms with Gasteiger partial charge in [-0.2, -0.15) is 9.97 Å². The van der Waals surface area contributed by atoms with E-state index in [1.54, 1.807) is 39.1 Å². The van der Waals surface area contributed by atoms with Crippen molar-refractivity contribution in [3.63, 3.8) is 0 Å². The van der Waals surface area contributed by atoms with Crippen molar-refractivity contribution in [2.24, 2.45) is 11.8 Å². The first-order valence-corrected chi connectivity index (χ1v) is 13.0. The lowest BCUT2D eigenvalue weighted by Gasteiger charge is -2.34. The molecule has 1 aliphatic carbocycles. The number of nitrogens with zero attached hydrogens (tertiary/aromatic N) is 3. The van der Waals surface area contributed by atoms with Crippen molar-refractivity contribution in [3.05, 3.63) is 70.6 Å². The van der Waals surface area contributed by atoms with Crippen molar-refractivity contribution in [1.29, 1.82) is 5.41 Å². The number of hydrogen-bond donors (Lipinski definition) is 3. The molecule has 0 radical (unpaired) electrons. The number of ether oxygens (including phenoxy) is 1. The van der Waals surface area contributed by atoms with Crippen LogP contribution in [0.2, 0.25) is 0 Å². The van der Waals surface area contributed by atoms with Crippen LogP contribution in [0.1, 0.15) is 43.0 Å². The molecule has 0 spiro atoms. The highest BCUT2D eigenvalue weighted by atomic mass is 19.1. The number of allylic oxidation sites excluding steroid dienone is 2. The van der Waals surface area contributed by atoms with Crippen LogP contribution in [0.4, 0.5) is 15.9 Å². The number of piperidine rings is 1. The highest BCUT2D eigenvalue weighted by Gasteiger charge is 2.35. The van der Waals surface area contributed by atoms with Gasteiger partial charge in [0.15, 0.2) is 0 Å². The molecule has 1 aromatic carbocycles. The van der Waals surface area contributed by atoms with Crippen molar-refractivity contribution in [2.75, 3.05) is 37.0 Å². The third-order valence-electron chi connectivity index (χ3n) is 7.41. The second kappa shape index (κ2) is 11.8. The first kappa shape index (κ1) is 27.3. The smallest absolute Gasteiger partial charge is 0.324 e. The Kier molecular flexibility index (Phi) is 8.45. The molecule has 2 aromatic rings. The van der Waals surface area contributed by atoms with Crippen LogP contribution in [0.3, 0.4) is 0 Å². The number of hydrogen-bond acceptors (Lipinski definition) is 7. The summed E-state index contributed by atoms with van der Waals surface area (Å²) in [5.74, 6) is 1.97. The van der Waals surface area contributed by atoms with Crippen molar-refractivity contribution < 1.29 is 14.2 Å². The van der Waals surface area contributed by atoms with Crippen molar-refractivity contribution in [3.8, 4) is 17.1 Å². The molecule has 38 heavy (non-hydrogen) atoms. The summed E-state index contributed by atoms with van der Waals surface area (Å²) in [5.41, 5.74) is 7.21. The van der Waals surface area contributed by atoms with Crippen molar-refractivity contribution in [2.45, 2.75) is 40.0 Å². The Morgan fingerprint density at radius 1 is 1.29 bits per heavy atom. The normalized spacial score (nSPS) is 18.6. The first-order chi connectivity index (χ1) is 18.3. The lowest BCUT2D eigenvalue weighted by Crippen LogP contribution is -2.37. The molecule has 2 aliphatic rings. The number of fused-ring (bicyclic) bond motifs is 2. The van der Waals surface area contributed by atoms with Gasteiger partial charge < -0.3 is 25.5 Å². The topological polar surface area (TPSA) is 94.4 Å². The number of aryl methyl sites for hydroxylation is 1. The molecule has 8 heteroatoms. The summed E-state index contributed by atoms with van der Waals surface area (Å²) < 4.78 is 21.2. The Hall–Kier alpha value is -3.74. The quantitative estimate of drug-likeness (QED) is 0.171. The fourth-order valence-corrected chi connectivity index (χ4v) is 5.49. The van der Waals surface area contributed by atoms with Gasteiger partial charge in [-0.25, -0.2) is 4.39 Å². The average molecular weight is 518 g/mol. The average Bonchev–Trinajstić information content (AvgIpc) is 3.26. The van der Waals surface area contributed by atoms with Gasteiger partial charge in [-0.1, -0.05) is 6.58 Å². The molecule has 1 saturated carbocycles. The lowest BCUT2D eigenvalue weighted by molar-refractivity contribution is 0.331. The number of aliphatic hydroxyl groups excluding tert-OH is 1. The summed E-state index contributed by atoms with van der Waals surface area (Å²) in [4.78, 5) is 11.8. The van der Waals surface area contributed by atoms with Gasteiger partial charge in [-0.3, -0.25) is 0 Å². The fraction of sp³-hybridized carbons (Fsp3) is 0.400. The minimum absolute atomic E-state index is 0.0773. The van der Waals surface area contributed by atoms with Crippen molar-refractivity contribution >= 4 is 17.7 Å². The summed E-state index contributed by atoms with van der Waals surface area (Å²) in [6, 6.07) is 1.59. The number of aromatic nitrogens is 2. The fourth-order valence-electron chi connectivity index (χ4n) is 5.49. The molecular weight excluding hydrogens is 481 g/mol. The Morgan fingerprint density at radius 2 is 2.00 bits per heavy atom. The molecule has 2 bridgehead atoms. The number of nitrogens with one attached hydrogen (secondary N) is 2. The number of anilines is 2. The highest BCUT2D eigenvalue weighted by molar-refractivity contribution is 5.99. The van der Waals surface area contributed by atoms with E-state index in [4.69, 9.17) is 15.1 Å². The van der Waals surface area contributed by atoms with E-state index < -0.39 is 0 Å². The van der Waals surface area contributed by atoms with Crippen LogP contribution in [-0.4, -0.2) is 48.0 Å². The first-order valence-electron chi connectivity index (χ1n) is 13.0. The van der Waals surface area contributed by atoms with Gasteiger partial charge in [-0.15, -0.1) is 5.73 Å². The molecule has 4 rings (SSSR count). The largest absolute Gasteiger partial charge is 0.424 e. The molecule has 3 N–H and O–H groups in total. The zero-order valence-corrected chi connectivity index (χ0v) is 22.6. The molecule has 2 atom stereocenters.